The topological polar surface area (TPSA) is 34.5 Å². The van der Waals surface area contributed by atoms with E-state index in [1.807, 2.05) is 24.3 Å². The van der Waals surface area contributed by atoms with Crippen LogP contribution in [0.3, 0.4) is 0 Å². The molecule has 0 saturated carbocycles. The third kappa shape index (κ3) is 3.55. The van der Waals surface area contributed by atoms with Crippen molar-refractivity contribution in [1.29, 1.82) is 0 Å². The van der Waals surface area contributed by atoms with Gasteiger partial charge in [-0.1, -0.05) is 25.6 Å². The summed E-state index contributed by atoms with van der Waals surface area (Å²) in [7, 11) is 3.36. The Hall–Kier alpha value is -1.90. The SMILES string of the molecule is C=C(/C=C\C=NC)C(C)c1cccnc1OC. The Bertz CT molecular complexity index is 436. The maximum absolute atomic E-state index is 5.24. The minimum absolute atomic E-state index is 0.167. The van der Waals surface area contributed by atoms with Crippen molar-refractivity contribution < 1.29 is 4.74 Å². The van der Waals surface area contributed by atoms with Crippen LogP contribution in [0, 0.1) is 0 Å². The number of nitrogens with zero attached hydrogens (tertiary/aromatic N) is 2. The summed E-state index contributed by atoms with van der Waals surface area (Å²) >= 11 is 0. The molecule has 1 rings (SSSR count). The van der Waals surface area contributed by atoms with Gasteiger partial charge in [0.05, 0.1) is 7.11 Å². The van der Waals surface area contributed by atoms with Crippen LogP contribution in [0.25, 0.3) is 0 Å². The molecule has 0 bridgehead atoms. The van der Waals surface area contributed by atoms with Gasteiger partial charge in [-0.25, -0.2) is 4.98 Å². The van der Waals surface area contributed by atoms with Crippen LogP contribution in [-0.2, 0) is 0 Å². The largest absolute Gasteiger partial charge is 0.481 e. The summed E-state index contributed by atoms with van der Waals surface area (Å²) in [5, 5.41) is 0. The summed E-state index contributed by atoms with van der Waals surface area (Å²) in [6.07, 6.45) is 7.28. The average molecular weight is 230 g/mol. The molecule has 0 saturated heterocycles. The molecule has 3 heteroatoms. The predicted octanol–water partition coefficient (Wildman–Crippen LogP) is 3.01. The average Bonchev–Trinajstić information content (AvgIpc) is 2.38. The van der Waals surface area contributed by atoms with Gasteiger partial charge in [0.1, 0.15) is 0 Å². The van der Waals surface area contributed by atoms with Crippen molar-refractivity contribution in [3.8, 4) is 5.88 Å². The molecule has 0 spiro atoms. The lowest BCUT2D eigenvalue weighted by Gasteiger charge is -2.14. The van der Waals surface area contributed by atoms with Gasteiger partial charge >= 0.3 is 0 Å². The maximum Gasteiger partial charge on any atom is 0.216 e. The Labute approximate surface area is 103 Å². The molecule has 0 aliphatic carbocycles. The first-order valence-electron chi connectivity index (χ1n) is 5.47. The molecule has 0 fully saturated rings. The van der Waals surface area contributed by atoms with E-state index in [1.54, 1.807) is 26.6 Å². The highest BCUT2D eigenvalue weighted by atomic mass is 16.5. The third-order valence-electron chi connectivity index (χ3n) is 2.56. The van der Waals surface area contributed by atoms with E-state index < -0.39 is 0 Å². The highest BCUT2D eigenvalue weighted by Crippen LogP contribution is 2.29. The normalized spacial score (nSPS) is 13.1. The van der Waals surface area contributed by atoms with E-state index in [4.69, 9.17) is 4.74 Å². The second kappa shape index (κ2) is 6.63. The van der Waals surface area contributed by atoms with Crippen molar-refractivity contribution in [3.05, 3.63) is 48.2 Å². The van der Waals surface area contributed by atoms with E-state index >= 15 is 0 Å². The van der Waals surface area contributed by atoms with Gasteiger partial charge in [-0.2, -0.15) is 0 Å². The number of aromatic nitrogens is 1. The fraction of sp³-hybridized carbons (Fsp3) is 0.286. The zero-order valence-electron chi connectivity index (χ0n) is 10.6. The third-order valence-corrected chi connectivity index (χ3v) is 2.56. The summed E-state index contributed by atoms with van der Waals surface area (Å²) in [6, 6.07) is 3.91. The smallest absolute Gasteiger partial charge is 0.216 e. The molecule has 0 N–H and O–H groups in total. The number of allylic oxidation sites excluding steroid dienone is 3. The summed E-state index contributed by atoms with van der Waals surface area (Å²) in [4.78, 5) is 8.07. The monoisotopic (exact) mass is 230 g/mol. The number of methoxy groups -OCH3 is 1. The quantitative estimate of drug-likeness (QED) is 0.575. The van der Waals surface area contributed by atoms with Gasteiger partial charge in [-0.05, 0) is 17.7 Å². The molecular weight excluding hydrogens is 212 g/mol. The van der Waals surface area contributed by atoms with Crippen molar-refractivity contribution in [2.45, 2.75) is 12.8 Å². The minimum Gasteiger partial charge on any atom is -0.481 e. The van der Waals surface area contributed by atoms with Crippen LogP contribution in [-0.4, -0.2) is 25.4 Å². The van der Waals surface area contributed by atoms with Crippen LogP contribution in [0.15, 0.2) is 47.6 Å². The van der Waals surface area contributed by atoms with Gasteiger partial charge in [0.15, 0.2) is 0 Å². The first-order chi connectivity index (χ1) is 8.20. The fourth-order valence-corrected chi connectivity index (χ4v) is 1.50. The Morgan fingerprint density at radius 1 is 1.59 bits per heavy atom. The Morgan fingerprint density at radius 3 is 3.00 bits per heavy atom. The molecule has 1 aromatic rings. The number of hydrogen-bond donors (Lipinski definition) is 0. The molecular formula is C14H18N2O. The van der Waals surface area contributed by atoms with Gasteiger partial charge in [-0.15, -0.1) is 0 Å². The number of ether oxygens (including phenoxy) is 1. The first-order valence-corrected chi connectivity index (χ1v) is 5.47. The summed E-state index contributed by atoms with van der Waals surface area (Å²) in [5.41, 5.74) is 2.04. The lowest BCUT2D eigenvalue weighted by atomic mass is 9.94. The van der Waals surface area contributed by atoms with Crippen LogP contribution in [0.2, 0.25) is 0 Å². The molecule has 0 aromatic carbocycles. The second-order valence-corrected chi connectivity index (χ2v) is 3.66. The van der Waals surface area contributed by atoms with Crippen LogP contribution in [0.1, 0.15) is 18.4 Å². The number of rotatable bonds is 5. The first kappa shape index (κ1) is 13.2. The van der Waals surface area contributed by atoms with Crippen LogP contribution in [0.4, 0.5) is 0 Å². The van der Waals surface area contributed by atoms with Crippen molar-refractivity contribution in [2.75, 3.05) is 14.2 Å². The number of pyridine rings is 1. The van der Waals surface area contributed by atoms with Gasteiger partial charge in [0.2, 0.25) is 5.88 Å². The Morgan fingerprint density at radius 2 is 2.35 bits per heavy atom. The van der Waals surface area contributed by atoms with E-state index in [-0.39, 0.29) is 5.92 Å². The number of aliphatic imine (C=N–C) groups is 1. The summed E-state index contributed by atoms with van der Waals surface area (Å²) < 4.78 is 5.24. The fourth-order valence-electron chi connectivity index (χ4n) is 1.50. The van der Waals surface area contributed by atoms with Crippen molar-refractivity contribution in [3.63, 3.8) is 0 Å². The molecule has 3 nitrogen and oxygen atoms in total. The molecule has 1 unspecified atom stereocenters. The lowest BCUT2D eigenvalue weighted by molar-refractivity contribution is 0.391. The van der Waals surface area contributed by atoms with Crippen LogP contribution in [0.5, 0.6) is 5.88 Å². The van der Waals surface area contributed by atoms with E-state index in [0.717, 1.165) is 11.1 Å². The second-order valence-electron chi connectivity index (χ2n) is 3.66. The number of hydrogen-bond acceptors (Lipinski definition) is 3. The molecule has 17 heavy (non-hydrogen) atoms. The maximum atomic E-state index is 5.24. The predicted molar refractivity (Wildman–Crippen MR) is 71.9 cm³/mol. The van der Waals surface area contributed by atoms with E-state index in [9.17, 15) is 0 Å². The van der Waals surface area contributed by atoms with Gasteiger partial charge in [0.25, 0.3) is 0 Å². The van der Waals surface area contributed by atoms with Crippen LogP contribution < -0.4 is 4.74 Å². The van der Waals surface area contributed by atoms with E-state index in [0.29, 0.717) is 5.88 Å². The van der Waals surface area contributed by atoms with Crippen molar-refractivity contribution in [2.24, 2.45) is 4.99 Å². The zero-order chi connectivity index (χ0) is 12.7. The van der Waals surface area contributed by atoms with Gasteiger partial charge in [0, 0.05) is 30.9 Å². The lowest BCUT2D eigenvalue weighted by Crippen LogP contribution is -2.00. The minimum atomic E-state index is 0.167. The molecule has 1 heterocycles. The van der Waals surface area contributed by atoms with E-state index in [2.05, 4.69) is 23.5 Å². The molecule has 1 atom stereocenters. The Balaban J connectivity index is 2.88. The summed E-state index contributed by atoms with van der Waals surface area (Å²) in [5.74, 6) is 0.818. The molecule has 0 amide bonds. The summed E-state index contributed by atoms with van der Waals surface area (Å²) in [6.45, 7) is 6.13. The standard InChI is InChI=1S/C14H18N2O/c1-11(7-5-9-15-3)12(2)13-8-6-10-16-14(13)17-4/h5-10,12H,1H2,2-4H3/b7-5-,15-9?. The molecule has 0 radical (unpaired) electrons. The van der Waals surface area contributed by atoms with Gasteiger partial charge in [-0.3, -0.25) is 4.99 Å². The van der Waals surface area contributed by atoms with Crippen LogP contribution >= 0.6 is 0 Å². The molecule has 90 valence electrons. The highest BCUT2D eigenvalue weighted by molar-refractivity contribution is 5.71. The van der Waals surface area contributed by atoms with Gasteiger partial charge < -0.3 is 4.74 Å². The van der Waals surface area contributed by atoms with Crippen molar-refractivity contribution >= 4 is 6.21 Å². The molecule has 0 aliphatic heterocycles. The van der Waals surface area contributed by atoms with E-state index in [1.165, 1.54) is 0 Å². The van der Waals surface area contributed by atoms with Crippen molar-refractivity contribution in [1.82, 2.24) is 4.98 Å². The zero-order valence-corrected chi connectivity index (χ0v) is 10.6. The Kier molecular flexibility index (Phi) is 5.14. The highest BCUT2D eigenvalue weighted by Gasteiger charge is 2.13. The molecule has 0 aliphatic rings. The molecule has 1 aromatic heterocycles.